The van der Waals surface area contributed by atoms with Crippen molar-refractivity contribution in [2.75, 3.05) is 19.8 Å². The van der Waals surface area contributed by atoms with Gasteiger partial charge in [0.1, 0.15) is 0 Å². The van der Waals surface area contributed by atoms with Crippen LogP contribution in [0.3, 0.4) is 0 Å². The molecule has 1 heterocycles. The molecule has 2 atom stereocenters. The van der Waals surface area contributed by atoms with E-state index in [0.717, 1.165) is 38.7 Å². The highest BCUT2D eigenvalue weighted by atomic mass is 16.5. The van der Waals surface area contributed by atoms with Gasteiger partial charge >= 0.3 is 0 Å². The van der Waals surface area contributed by atoms with Gasteiger partial charge in [-0.15, -0.1) is 0 Å². The van der Waals surface area contributed by atoms with E-state index < -0.39 is 0 Å². The van der Waals surface area contributed by atoms with E-state index in [-0.39, 0.29) is 18.1 Å². The zero-order valence-electron chi connectivity index (χ0n) is 13.7. The van der Waals surface area contributed by atoms with Crippen LogP contribution < -0.4 is 5.32 Å². The second-order valence-corrected chi connectivity index (χ2v) is 6.17. The molecule has 0 saturated carbocycles. The molecule has 1 fully saturated rings. The maximum Gasteiger partial charge on any atom is 0.241 e. The van der Waals surface area contributed by atoms with Gasteiger partial charge in [-0.2, -0.15) is 0 Å². The molecule has 0 bridgehead atoms. The van der Waals surface area contributed by atoms with Crippen LogP contribution in [0, 0.1) is 5.92 Å². The Bertz CT molecular complexity index is 282. The lowest BCUT2D eigenvalue weighted by molar-refractivity contribution is -0.131. The number of unbranched alkanes of at least 4 members (excludes halogenated alkanes) is 1. The summed E-state index contributed by atoms with van der Waals surface area (Å²) < 4.78 is 5.63. The van der Waals surface area contributed by atoms with Crippen LogP contribution in [0.4, 0.5) is 0 Å². The van der Waals surface area contributed by atoms with Crippen LogP contribution >= 0.6 is 0 Å². The Labute approximate surface area is 124 Å². The van der Waals surface area contributed by atoms with Crippen molar-refractivity contribution in [2.45, 2.75) is 72.0 Å². The molecular weight excluding hydrogens is 252 g/mol. The number of carbonyl (C=O) groups is 1. The molecule has 0 aliphatic carbocycles. The van der Waals surface area contributed by atoms with Crippen molar-refractivity contribution < 1.29 is 9.53 Å². The molecule has 0 aromatic carbocycles. The third-order valence-corrected chi connectivity index (χ3v) is 3.69. The molecule has 4 nitrogen and oxygen atoms in total. The van der Waals surface area contributed by atoms with E-state index >= 15 is 0 Å². The number of nitrogens with zero attached hydrogens (tertiary/aromatic N) is 1. The minimum absolute atomic E-state index is 0.0246. The first kappa shape index (κ1) is 17.4. The van der Waals surface area contributed by atoms with Gasteiger partial charge in [-0.25, -0.2) is 0 Å². The molecule has 1 N–H and O–H groups in total. The fraction of sp³-hybridized carbons (Fsp3) is 0.938. The Hall–Kier alpha value is -0.610. The molecule has 1 aliphatic heterocycles. The van der Waals surface area contributed by atoms with Crippen molar-refractivity contribution in [3.05, 3.63) is 0 Å². The first-order chi connectivity index (χ1) is 9.60. The summed E-state index contributed by atoms with van der Waals surface area (Å²) in [5, 5.41) is 3.50. The van der Waals surface area contributed by atoms with Gasteiger partial charge in [-0.3, -0.25) is 10.1 Å². The second-order valence-electron chi connectivity index (χ2n) is 6.17. The molecule has 1 saturated heterocycles. The topological polar surface area (TPSA) is 41.6 Å². The fourth-order valence-electron chi connectivity index (χ4n) is 2.62. The molecule has 20 heavy (non-hydrogen) atoms. The molecule has 1 amide bonds. The third kappa shape index (κ3) is 5.41. The predicted molar refractivity (Wildman–Crippen MR) is 82.5 cm³/mol. The minimum atomic E-state index is 0.0246. The monoisotopic (exact) mass is 284 g/mol. The molecule has 0 spiro atoms. The van der Waals surface area contributed by atoms with Crippen LogP contribution in [0.5, 0.6) is 0 Å². The van der Waals surface area contributed by atoms with Crippen LogP contribution in [0.2, 0.25) is 0 Å². The van der Waals surface area contributed by atoms with Crippen LogP contribution in [0.1, 0.15) is 59.8 Å². The van der Waals surface area contributed by atoms with E-state index in [9.17, 15) is 4.79 Å². The molecule has 1 rings (SSSR count). The normalized spacial score (nSPS) is 23.1. The number of rotatable bonds is 10. The lowest BCUT2D eigenvalue weighted by Gasteiger charge is -2.24. The number of hydrogen-bond donors (Lipinski definition) is 1. The van der Waals surface area contributed by atoms with Crippen LogP contribution in [-0.2, 0) is 9.53 Å². The second kappa shape index (κ2) is 9.35. The third-order valence-electron chi connectivity index (χ3n) is 3.69. The highest BCUT2D eigenvalue weighted by Gasteiger charge is 2.37. The fourth-order valence-corrected chi connectivity index (χ4v) is 2.62. The Balaban J connectivity index is 2.44. The Morgan fingerprint density at radius 2 is 2.00 bits per heavy atom. The minimum Gasteiger partial charge on any atom is -0.379 e. The Morgan fingerprint density at radius 1 is 1.25 bits per heavy atom. The van der Waals surface area contributed by atoms with Crippen molar-refractivity contribution in [1.29, 1.82) is 0 Å². The van der Waals surface area contributed by atoms with E-state index in [0.29, 0.717) is 19.1 Å². The summed E-state index contributed by atoms with van der Waals surface area (Å²) in [6, 6.07) is 0.0246. The number of ether oxygens (including phenoxy) is 1. The highest BCUT2D eigenvalue weighted by Crippen LogP contribution is 2.18. The van der Waals surface area contributed by atoms with Gasteiger partial charge in [0.15, 0.2) is 0 Å². The van der Waals surface area contributed by atoms with E-state index in [1.165, 1.54) is 0 Å². The average molecular weight is 284 g/mol. The smallest absolute Gasteiger partial charge is 0.241 e. The number of nitrogens with one attached hydrogen (secondary N) is 1. The van der Waals surface area contributed by atoms with Gasteiger partial charge in [0.2, 0.25) is 5.91 Å². The lowest BCUT2D eigenvalue weighted by Crippen LogP contribution is -2.39. The Kier molecular flexibility index (Phi) is 8.15. The average Bonchev–Trinajstić information content (AvgIpc) is 2.69. The standard InChI is InChI=1S/C16H32N2O2/c1-5-7-9-14-16(19)18(15(17-14)8-6-2)10-11-20-12-13(3)4/h13-15,17H,5-12H2,1-4H3. The molecule has 4 heteroatoms. The summed E-state index contributed by atoms with van der Waals surface area (Å²) in [6.07, 6.45) is 5.53. The van der Waals surface area contributed by atoms with Gasteiger partial charge in [-0.1, -0.05) is 47.0 Å². The van der Waals surface area contributed by atoms with E-state index in [4.69, 9.17) is 4.74 Å². The van der Waals surface area contributed by atoms with Gasteiger partial charge in [-0.05, 0) is 18.8 Å². The molecule has 0 aromatic rings. The van der Waals surface area contributed by atoms with Crippen molar-refractivity contribution in [2.24, 2.45) is 5.92 Å². The number of carbonyl (C=O) groups excluding carboxylic acids is 1. The summed E-state index contributed by atoms with van der Waals surface area (Å²) >= 11 is 0. The van der Waals surface area contributed by atoms with Crippen LogP contribution in [0.25, 0.3) is 0 Å². The van der Waals surface area contributed by atoms with E-state index in [1.54, 1.807) is 0 Å². The van der Waals surface area contributed by atoms with Crippen molar-refractivity contribution in [1.82, 2.24) is 10.2 Å². The van der Waals surface area contributed by atoms with Gasteiger partial charge < -0.3 is 9.64 Å². The largest absolute Gasteiger partial charge is 0.379 e. The first-order valence-corrected chi connectivity index (χ1v) is 8.24. The van der Waals surface area contributed by atoms with E-state index in [1.807, 2.05) is 4.90 Å². The quantitative estimate of drug-likeness (QED) is 0.627. The molecule has 0 radical (unpaired) electrons. The molecule has 0 aromatic heterocycles. The van der Waals surface area contributed by atoms with E-state index in [2.05, 4.69) is 33.0 Å². The van der Waals surface area contributed by atoms with Gasteiger partial charge in [0.25, 0.3) is 0 Å². The summed E-state index contributed by atoms with van der Waals surface area (Å²) in [5.74, 6) is 0.816. The highest BCUT2D eigenvalue weighted by molar-refractivity contribution is 5.84. The molecule has 1 aliphatic rings. The van der Waals surface area contributed by atoms with Crippen LogP contribution in [0.15, 0.2) is 0 Å². The summed E-state index contributed by atoms with van der Waals surface area (Å²) in [4.78, 5) is 14.4. The predicted octanol–water partition coefficient (Wildman–Crippen LogP) is 2.78. The first-order valence-electron chi connectivity index (χ1n) is 8.24. The van der Waals surface area contributed by atoms with Gasteiger partial charge in [0, 0.05) is 13.2 Å². The lowest BCUT2D eigenvalue weighted by atomic mass is 10.1. The maximum atomic E-state index is 12.4. The zero-order valence-corrected chi connectivity index (χ0v) is 13.7. The number of hydrogen-bond acceptors (Lipinski definition) is 3. The van der Waals surface area contributed by atoms with Gasteiger partial charge in [0.05, 0.1) is 18.8 Å². The summed E-state index contributed by atoms with van der Waals surface area (Å²) in [7, 11) is 0. The van der Waals surface area contributed by atoms with Crippen molar-refractivity contribution >= 4 is 5.91 Å². The van der Waals surface area contributed by atoms with Crippen molar-refractivity contribution in [3.8, 4) is 0 Å². The SMILES string of the molecule is CCCCC1NC(CCC)N(CCOCC(C)C)C1=O. The number of amides is 1. The summed E-state index contributed by atoms with van der Waals surface area (Å²) in [5.41, 5.74) is 0. The zero-order chi connectivity index (χ0) is 15.0. The Morgan fingerprint density at radius 3 is 2.60 bits per heavy atom. The summed E-state index contributed by atoms with van der Waals surface area (Å²) in [6.45, 7) is 10.7. The maximum absolute atomic E-state index is 12.4. The molecule has 2 unspecified atom stereocenters. The van der Waals surface area contributed by atoms with Crippen LogP contribution in [-0.4, -0.2) is 42.8 Å². The molecular formula is C16H32N2O2. The van der Waals surface area contributed by atoms with Crippen molar-refractivity contribution in [3.63, 3.8) is 0 Å². The molecule has 118 valence electrons.